The summed E-state index contributed by atoms with van der Waals surface area (Å²) in [6.07, 6.45) is -0.439. The van der Waals surface area contributed by atoms with Crippen LogP contribution in [0, 0.1) is 0 Å². The van der Waals surface area contributed by atoms with Crippen molar-refractivity contribution in [3.05, 3.63) is 46.2 Å². The van der Waals surface area contributed by atoms with Crippen LogP contribution in [0.1, 0.15) is 26.0 Å². The van der Waals surface area contributed by atoms with Gasteiger partial charge in [-0.15, -0.1) is 16.4 Å². The number of Topliss-reactive ketones (excluding diaryl/α,β-unsaturated/α-hetero) is 1. The highest BCUT2D eigenvalue weighted by atomic mass is 32.1. The van der Waals surface area contributed by atoms with Crippen molar-refractivity contribution in [2.75, 3.05) is 0 Å². The number of rotatable bonds is 6. The van der Waals surface area contributed by atoms with E-state index in [2.05, 4.69) is 10.2 Å². The highest BCUT2D eigenvalue weighted by Gasteiger charge is 2.14. The highest BCUT2D eigenvalue weighted by Crippen LogP contribution is 2.13. The van der Waals surface area contributed by atoms with Crippen LogP contribution in [0.25, 0.3) is 5.69 Å². The van der Waals surface area contributed by atoms with E-state index in [-0.39, 0.29) is 12.2 Å². The van der Waals surface area contributed by atoms with Crippen molar-refractivity contribution >= 4 is 28.8 Å². The first-order valence-corrected chi connectivity index (χ1v) is 7.88. The summed E-state index contributed by atoms with van der Waals surface area (Å²) in [5.41, 5.74) is 2.38. The van der Waals surface area contributed by atoms with E-state index < -0.39 is 12.4 Å². The summed E-state index contributed by atoms with van der Waals surface area (Å²) in [7, 11) is 0. The summed E-state index contributed by atoms with van der Waals surface area (Å²) >= 11 is 1.36. The van der Waals surface area contributed by atoms with Gasteiger partial charge in [0, 0.05) is 28.9 Å². The fourth-order valence-corrected chi connectivity index (χ4v) is 2.81. The monoisotopic (exact) mass is 331 g/mol. The molecule has 1 aromatic carbocycles. The predicted octanol–water partition coefficient (Wildman–Crippen LogP) is 2.42. The Bertz CT molecular complexity index is 799. The van der Waals surface area contributed by atoms with E-state index in [9.17, 15) is 9.59 Å². The fraction of sp³-hybridized carbons (Fsp3) is 0.250. The van der Waals surface area contributed by atoms with Gasteiger partial charge >= 0.3 is 5.97 Å². The number of carbonyl (C=O) groups excluding carboxylic acids is 1. The fourth-order valence-electron chi connectivity index (χ4n) is 1.97. The zero-order valence-electron chi connectivity index (χ0n) is 12.9. The van der Waals surface area contributed by atoms with Crippen molar-refractivity contribution in [3.8, 4) is 5.69 Å². The summed E-state index contributed by atoms with van der Waals surface area (Å²) in [6.45, 7) is 3.70. The van der Waals surface area contributed by atoms with Crippen molar-refractivity contribution in [2.45, 2.75) is 26.7 Å². The number of nitrogens with zero attached hydrogens (tertiary/aromatic N) is 3. The second-order valence-electron chi connectivity index (χ2n) is 5.11. The Kier molecular flexibility index (Phi) is 5.59. The molecule has 0 fully saturated rings. The molecule has 0 atom stereocenters. The lowest BCUT2D eigenvalue weighted by atomic mass is 10.2. The lowest BCUT2D eigenvalue weighted by Crippen LogP contribution is -2.18. The van der Waals surface area contributed by atoms with Crippen LogP contribution in [-0.2, 0) is 16.0 Å². The molecule has 7 heteroatoms. The van der Waals surface area contributed by atoms with Crippen molar-refractivity contribution in [3.63, 3.8) is 0 Å². The van der Waals surface area contributed by atoms with Crippen LogP contribution in [0.3, 0.4) is 0 Å². The minimum atomic E-state index is -1.12. The van der Waals surface area contributed by atoms with E-state index in [0.29, 0.717) is 10.5 Å². The molecule has 0 bridgehead atoms. The van der Waals surface area contributed by atoms with Gasteiger partial charge in [-0.2, -0.15) is 5.10 Å². The van der Waals surface area contributed by atoms with E-state index in [1.54, 1.807) is 0 Å². The molecule has 6 nitrogen and oxygen atoms in total. The van der Waals surface area contributed by atoms with Gasteiger partial charge in [0.05, 0.1) is 0 Å². The maximum atomic E-state index is 11.8. The summed E-state index contributed by atoms with van der Waals surface area (Å²) in [4.78, 5) is 23.1. The van der Waals surface area contributed by atoms with Crippen LogP contribution in [0.5, 0.6) is 0 Å². The molecule has 23 heavy (non-hydrogen) atoms. The normalized spacial score (nSPS) is 11.3. The lowest BCUT2D eigenvalue weighted by molar-refractivity contribution is -0.140. The number of aliphatic carboxylic acids is 1. The molecule has 0 aliphatic heterocycles. The molecule has 0 amide bonds. The van der Waals surface area contributed by atoms with Gasteiger partial charge in [-0.25, -0.2) is 0 Å². The molecule has 2 aromatic rings. The molecule has 2 rings (SSSR count). The number of carboxylic acids is 1. The number of thiazole rings is 1. The average molecular weight is 331 g/mol. The quantitative estimate of drug-likeness (QED) is 0.501. The van der Waals surface area contributed by atoms with E-state index in [1.807, 2.05) is 54.1 Å². The molecule has 0 saturated heterocycles. The highest BCUT2D eigenvalue weighted by molar-refractivity contribution is 7.07. The van der Waals surface area contributed by atoms with Crippen LogP contribution in [0.2, 0.25) is 0 Å². The van der Waals surface area contributed by atoms with Gasteiger partial charge in [0.1, 0.15) is 12.2 Å². The van der Waals surface area contributed by atoms with Crippen LogP contribution in [-0.4, -0.2) is 27.1 Å². The Morgan fingerprint density at radius 1 is 1.22 bits per heavy atom. The molecule has 0 aliphatic rings. The summed E-state index contributed by atoms with van der Waals surface area (Å²) < 4.78 is 1.83. The van der Waals surface area contributed by atoms with Gasteiger partial charge in [0.25, 0.3) is 0 Å². The third kappa shape index (κ3) is 4.72. The number of hydrogen-bond acceptors (Lipinski definition) is 5. The minimum Gasteiger partial charge on any atom is -0.481 e. The Hall–Kier alpha value is -2.54. The molecule has 1 heterocycles. The number of carbonyl (C=O) groups is 2. The van der Waals surface area contributed by atoms with E-state index in [1.165, 1.54) is 11.3 Å². The van der Waals surface area contributed by atoms with Gasteiger partial charge in [-0.05, 0) is 26.0 Å². The Labute approximate surface area is 137 Å². The van der Waals surface area contributed by atoms with E-state index in [4.69, 9.17) is 5.11 Å². The standard InChI is InChI=1S/C16H17N3O3S/c1-11(2)17-18-16-19(12-6-4-3-5-7-12)13(10-23-16)8-14(20)9-15(21)22/h3-7,10H,8-9H2,1-2H3,(H,21,22). The molecule has 1 aromatic heterocycles. The molecule has 0 spiro atoms. The number of ketones is 1. The van der Waals surface area contributed by atoms with Gasteiger partial charge in [0.2, 0.25) is 4.80 Å². The molecular formula is C16H17N3O3S. The largest absolute Gasteiger partial charge is 0.481 e. The van der Waals surface area contributed by atoms with Gasteiger partial charge in [-0.1, -0.05) is 18.2 Å². The zero-order chi connectivity index (χ0) is 16.8. The molecule has 0 saturated carbocycles. The maximum Gasteiger partial charge on any atom is 0.310 e. The first-order valence-electron chi connectivity index (χ1n) is 7.00. The molecule has 1 N–H and O–H groups in total. The number of benzene rings is 1. The van der Waals surface area contributed by atoms with Gasteiger partial charge in [-0.3, -0.25) is 14.2 Å². The van der Waals surface area contributed by atoms with Crippen molar-refractivity contribution in [2.24, 2.45) is 10.2 Å². The van der Waals surface area contributed by atoms with Gasteiger partial charge < -0.3 is 5.11 Å². The lowest BCUT2D eigenvalue weighted by Gasteiger charge is -2.07. The molecule has 0 radical (unpaired) electrons. The second-order valence-corrected chi connectivity index (χ2v) is 5.95. The average Bonchev–Trinajstić information content (AvgIpc) is 2.87. The zero-order valence-corrected chi connectivity index (χ0v) is 13.7. The maximum absolute atomic E-state index is 11.8. The molecule has 0 aliphatic carbocycles. The van der Waals surface area contributed by atoms with Crippen LogP contribution in [0.4, 0.5) is 0 Å². The third-order valence-corrected chi connectivity index (χ3v) is 3.72. The number of carboxylic acid groups (broad SMARTS) is 1. The van der Waals surface area contributed by atoms with Crippen LogP contribution < -0.4 is 4.80 Å². The van der Waals surface area contributed by atoms with Gasteiger partial charge in [0.15, 0.2) is 0 Å². The van der Waals surface area contributed by atoms with Crippen LogP contribution in [0.15, 0.2) is 45.9 Å². The number of hydrogen-bond donors (Lipinski definition) is 1. The smallest absolute Gasteiger partial charge is 0.310 e. The summed E-state index contributed by atoms with van der Waals surface area (Å²) in [5, 5.41) is 18.8. The molecule has 120 valence electrons. The Morgan fingerprint density at radius 3 is 2.52 bits per heavy atom. The first kappa shape index (κ1) is 16.8. The van der Waals surface area contributed by atoms with E-state index in [0.717, 1.165) is 11.4 Å². The van der Waals surface area contributed by atoms with Crippen molar-refractivity contribution in [1.82, 2.24) is 4.57 Å². The third-order valence-electron chi connectivity index (χ3n) is 2.86. The number of para-hydroxylation sites is 1. The molecule has 0 unspecified atom stereocenters. The SMILES string of the molecule is CC(C)=NN=c1scc(CC(=O)CC(=O)O)n1-c1ccccc1. The minimum absolute atomic E-state index is 0.0437. The second kappa shape index (κ2) is 7.64. The summed E-state index contributed by atoms with van der Waals surface area (Å²) in [5.74, 6) is -1.46. The Morgan fingerprint density at radius 2 is 1.91 bits per heavy atom. The van der Waals surface area contributed by atoms with Crippen molar-refractivity contribution in [1.29, 1.82) is 0 Å². The van der Waals surface area contributed by atoms with Crippen molar-refractivity contribution < 1.29 is 14.7 Å². The topological polar surface area (TPSA) is 84.0 Å². The number of aromatic nitrogens is 1. The van der Waals surface area contributed by atoms with Crippen LogP contribution >= 0.6 is 11.3 Å². The Balaban J connectivity index is 2.47. The predicted molar refractivity (Wildman–Crippen MR) is 89.0 cm³/mol. The molecular weight excluding hydrogens is 314 g/mol. The first-order chi connectivity index (χ1) is 11.0. The van der Waals surface area contributed by atoms with E-state index >= 15 is 0 Å². The summed E-state index contributed by atoms with van der Waals surface area (Å²) in [6, 6.07) is 9.48.